The highest BCUT2D eigenvalue weighted by atomic mass is 16.6. The molecule has 8 nitrogen and oxygen atoms in total. The number of aliphatic hydroxyl groups excluding tert-OH is 1. The van der Waals surface area contributed by atoms with Gasteiger partial charge < -0.3 is 24.8 Å². The number of methoxy groups -OCH3 is 1. The van der Waals surface area contributed by atoms with E-state index in [0.29, 0.717) is 25.7 Å². The van der Waals surface area contributed by atoms with Gasteiger partial charge in [0.2, 0.25) is 5.91 Å². The Hall–Kier alpha value is -1.83. The van der Waals surface area contributed by atoms with Gasteiger partial charge in [-0.3, -0.25) is 4.79 Å². The third kappa shape index (κ3) is 4.84. The second kappa shape index (κ2) is 7.59. The van der Waals surface area contributed by atoms with Gasteiger partial charge in [0, 0.05) is 12.5 Å². The Morgan fingerprint density at radius 3 is 2.44 bits per heavy atom. The fraction of sp³-hybridized carbons (Fsp3) is 0.824. The van der Waals surface area contributed by atoms with Crippen LogP contribution in [0.5, 0.6) is 0 Å². The summed E-state index contributed by atoms with van der Waals surface area (Å²) in [5.74, 6) is -0.824. The molecule has 2 aliphatic rings. The van der Waals surface area contributed by atoms with Gasteiger partial charge in [0.15, 0.2) is 0 Å². The Balaban J connectivity index is 2.18. The molecule has 0 aliphatic carbocycles. The molecule has 8 heteroatoms. The van der Waals surface area contributed by atoms with Crippen molar-refractivity contribution in [1.29, 1.82) is 0 Å². The van der Waals surface area contributed by atoms with Crippen molar-refractivity contribution in [1.82, 2.24) is 10.2 Å². The van der Waals surface area contributed by atoms with Gasteiger partial charge in [-0.15, -0.1) is 0 Å². The van der Waals surface area contributed by atoms with E-state index < -0.39 is 35.9 Å². The minimum atomic E-state index is -0.932. The first-order chi connectivity index (χ1) is 11.6. The van der Waals surface area contributed by atoms with E-state index in [1.165, 1.54) is 12.0 Å². The lowest BCUT2D eigenvalue weighted by Crippen LogP contribution is -2.56. The Bertz CT molecular complexity index is 530. The molecule has 0 unspecified atom stereocenters. The summed E-state index contributed by atoms with van der Waals surface area (Å²) in [6.07, 6.45) is 1.02. The van der Waals surface area contributed by atoms with Crippen LogP contribution >= 0.6 is 0 Å². The molecule has 0 radical (unpaired) electrons. The van der Waals surface area contributed by atoms with E-state index in [1.807, 2.05) is 0 Å². The quantitative estimate of drug-likeness (QED) is 0.714. The number of aliphatic hydroxyl groups is 1. The van der Waals surface area contributed by atoms with Gasteiger partial charge in [0.05, 0.1) is 13.2 Å². The summed E-state index contributed by atoms with van der Waals surface area (Å²) in [6.45, 7) is 5.18. The SMILES string of the molecule is COC(=O)[C@@H]1CC[C@@H]2CC[C@H](O)C[C@H](NC(=O)OC(C)(C)C)C(=O)N21. The molecule has 2 aliphatic heterocycles. The molecule has 2 rings (SSSR count). The molecule has 0 saturated carbocycles. The number of fused-ring (bicyclic) bond motifs is 1. The summed E-state index contributed by atoms with van der Waals surface area (Å²) >= 11 is 0. The van der Waals surface area contributed by atoms with Gasteiger partial charge in [-0.25, -0.2) is 9.59 Å². The van der Waals surface area contributed by atoms with Crippen molar-refractivity contribution in [2.45, 2.75) is 82.7 Å². The molecule has 2 amide bonds. The van der Waals surface area contributed by atoms with Gasteiger partial charge in [-0.05, 0) is 46.5 Å². The lowest BCUT2D eigenvalue weighted by atomic mass is 9.97. The standard InChI is InChI=1S/C17H28N2O6/c1-17(2,3)25-16(23)18-12-9-11(20)7-5-10-6-8-13(15(22)24-4)19(10)14(12)21/h10-13,20H,5-9H2,1-4H3,(H,18,23)/t10-,11-,12-,13-/m0/s1. The van der Waals surface area contributed by atoms with Crippen molar-refractivity contribution in [3.05, 3.63) is 0 Å². The van der Waals surface area contributed by atoms with Crippen LogP contribution in [0.15, 0.2) is 0 Å². The molecule has 2 heterocycles. The summed E-state index contributed by atoms with van der Waals surface area (Å²) in [7, 11) is 1.30. The molecule has 0 spiro atoms. The van der Waals surface area contributed by atoms with E-state index in [0.717, 1.165) is 0 Å². The third-order valence-corrected chi connectivity index (χ3v) is 4.56. The predicted octanol–water partition coefficient (Wildman–Crippen LogP) is 0.957. The molecule has 4 atom stereocenters. The van der Waals surface area contributed by atoms with Crippen LogP contribution in [-0.2, 0) is 19.1 Å². The van der Waals surface area contributed by atoms with Crippen molar-refractivity contribution in [3.8, 4) is 0 Å². The maximum Gasteiger partial charge on any atom is 0.408 e. The van der Waals surface area contributed by atoms with Crippen LogP contribution in [0.4, 0.5) is 4.79 Å². The van der Waals surface area contributed by atoms with Crippen LogP contribution < -0.4 is 5.32 Å². The highest BCUT2D eigenvalue weighted by Crippen LogP contribution is 2.32. The third-order valence-electron chi connectivity index (χ3n) is 4.56. The average Bonchev–Trinajstić information content (AvgIpc) is 2.91. The number of hydrogen-bond donors (Lipinski definition) is 2. The number of alkyl carbamates (subject to hydrolysis) is 1. The van der Waals surface area contributed by atoms with Crippen molar-refractivity contribution < 1.29 is 29.0 Å². The van der Waals surface area contributed by atoms with Crippen molar-refractivity contribution in [2.75, 3.05) is 7.11 Å². The number of esters is 1. The number of rotatable bonds is 2. The Kier molecular flexibility index (Phi) is 5.92. The fourth-order valence-electron chi connectivity index (χ4n) is 3.49. The highest BCUT2D eigenvalue weighted by molar-refractivity contribution is 5.90. The summed E-state index contributed by atoms with van der Waals surface area (Å²) in [6, 6.07) is -1.70. The Morgan fingerprint density at radius 2 is 1.84 bits per heavy atom. The van der Waals surface area contributed by atoms with E-state index in [2.05, 4.69) is 5.32 Å². The molecule has 0 aromatic carbocycles. The monoisotopic (exact) mass is 356 g/mol. The zero-order valence-corrected chi connectivity index (χ0v) is 15.3. The van der Waals surface area contributed by atoms with Gasteiger partial charge >= 0.3 is 12.1 Å². The lowest BCUT2D eigenvalue weighted by molar-refractivity contribution is -0.154. The summed E-state index contributed by atoms with van der Waals surface area (Å²) in [4.78, 5) is 38.6. The van der Waals surface area contributed by atoms with Gasteiger partial charge in [0.25, 0.3) is 0 Å². The van der Waals surface area contributed by atoms with Crippen LogP contribution in [0, 0.1) is 0 Å². The number of hydrogen-bond acceptors (Lipinski definition) is 6. The number of carbonyl (C=O) groups excluding carboxylic acids is 3. The first kappa shape index (κ1) is 19.5. The smallest absolute Gasteiger partial charge is 0.408 e. The second-order valence-corrected chi connectivity index (χ2v) is 7.68. The average molecular weight is 356 g/mol. The minimum Gasteiger partial charge on any atom is -0.467 e. The number of amides is 2. The minimum absolute atomic E-state index is 0.0924. The Morgan fingerprint density at radius 1 is 1.20 bits per heavy atom. The van der Waals surface area contributed by atoms with Crippen LogP contribution in [0.25, 0.3) is 0 Å². The Labute approximate surface area is 147 Å². The summed E-state index contributed by atoms with van der Waals surface area (Å²) in [5, 5.41) is 12.7. The summed E-state index contributed by atoms with van der Waals surface area (Å²) in [5.41, 5.74) is -0.696. The molecule has 0 aromatic heterocycles. The first-order valence-corrected chi connectivity index (χ1v) is 8.70. The molecule has 0 bridgehead atoms. The molecular weight excluding hydrogens is 328 g/mol. The largest absolute Gasteiger partial charge is 0.467 e. The van der Waals surface area contributed by atoms with Crippen LogP contribution in [0.2, 0.25) is 0 Å². The molecule has 0 aromatic rings. The van der Waals surface area contributed by atoms with E-state index in [4.69, 9.17) is 9.47 Å². The number of ether oxygens (including phenoxy) is 2. The highest BCUT2D eigenvalue weighted by Gasteiger charge is 2.45. The van der Waals surface area contributed by atoms with Crippen LogP contribution in [0.3, 0.4) is 0 Å². The van der Waals surface area contributed by atoms with Crippen molar-refractivity contribution >= 4 is 18.0 Å². The van der Waals surface area contributed by atoms with Gasteiger partial charge in [-0.1, -0.05) is 0 Å². The molecule has 2 N–H and O–H groups in total. The fourth-order valence-corrected chi connectivity index (χ4v) is 3.49. The maximum atomic E-state index is 13.0. The molecule has 2 saturated heterocycles. The van der Waals surface area contributed by atoms with E-state index in [-0.39, 0.29) is 18.4 Å². The molecule has 2 fully saturated rings. The first-order valence-electron chi connectivity index (χ1n) is 8.70. The second-order valence-electron chi connectivity index (χ2n) is 7.68. The maximum absolute atomic E-state index is 13.0. The zero-order chi connectivity index (χ0) is 18.8. The number of nitrogens with zero attached hydrogens (tertiary/aromatic N) is 1. The zero-order valence-electron chi connectivity index (χ0n) is 15.3. The molecule has 25 heavy (non-hydrogen) atoms. The van der Waals surface area contributed by atoms with E-state index in [9.17, 15) is 19.5 Å². The van der Waals surface area contributed by atoms with Gasteiger partial charge in [-0.2, -0.15) is 0 Å². The van der Waals surface area contributed by atoms with Crippen molar-refractivity contribution in [3.63, 3.8) is 0 Å². The topological polar surface area (TPSA) is 105 Å². The summed E-state index contributed by atoms with van der Waals surface area (Å²) < 4.78 is 10.0. The number of carbonyl (C=O) groups is 3. The number of nitrogens with one attached hydrogen (secondary N) is 1. The normalized spacial score (nSPS) is 30.1. The molecular formula is C17H28N2O6. The van der Waals surface area contributed by atoms with E-state index >= 15 is 0 Å². The van der Waals surface area contributed by atoms with Crippen molar-refractivity contribution in [2.24, 2.45) is 0 Å². The van der Waals surface area contributed by atoms with Crippen LogP contribution in [0.1, 0.15) is 52.9 Å². The lowest BCUT2D eigenvalue weighted by Gasteiger charge is -2.36. The van der Waals surface area contributed by atoms with E-state index in [1.54, 1.807) is 20.8 Å². The predicted molar refractivity (Wildman–Crippen MR) is 88.7 cm³/mol. The van der Waals surface area contributed by atoms with Crippen LogP contribution in [-0.4, -0.2) is 64.9 Å². The van der Waals surface area contributed by atoms with Gasteiger partial charge in [0.1, 0.15) is 17.7 Å². The molecule has 142 valence electrons.